The van der Waals surface area contributed by atoms with Gasteiger partial charge in [-0.2, -0.15) is 0 Å². The van der Waals surface area contributed by atoms with Crippen LogP contribution < -0.4 is 0 Å². The van der Waals surface area contributed by atoms with Gasteiger partial charge in [0.2, 0.25) is 0 Å². The van der Waals surface area contributed by atoms with Crippen LogP contribution in [-0.4, -0.2) is 35.9 Å². The predicted octanol–water partition coefficient (Wildman–Crippen LogP) is 3.08. The van der Waals surface area contributed by atoms with E-state index in [1.165, 1.54) is 5.56 Å². The molecule has 1 aromatic rings. The summed E-state index contributed by atoms with van der Waals surface area (Å²) in [6.07, 6.45) is 1.02. The predicted molar refractivity (Wildman–Crippen MR) is 83.7 cm³/mol. The van der Waals surface area contributed by atoms with Crippen molar-refractivity contribution in [1.82, 2.24) is 4.90 Å². The van der Waals surface area contributed by atoms with Gasteiger partial charge in [0.15, 0.2) is 0 Å². The second-order valence-corrected chi connectivity index (χ2v) is 6.07. The van der Waals surface area contributed by atoms with E-state index in [4.69, 9.17) is 4.74 Å². The monoisotopic (exact) mass is 339 g/mol. The van der Waals surface area contributed by atoms with Gasteiger partial charge in [-0.25, -0.2) is 0 Å². The molecule has 0 aromatic heterocycles. The molecule has 20 heavy (non-hydrogen) atoms. The molecule has 1 aromatic carbocycles. The van der Waals surface area contributed by atoms with Crippen LogP contribution in [0.2, 0.25) is 0 Å². The first-order chi connectivity index (χ1) is 9.74. The largest absolute Gasteiger partial charge is 0.466 e. The van der Waals surface area contributed by atoms with Crippen molar-refractivity contribution in [3.05, 3.63) is 35.9 Å². The Hall–Kier alpha value is -0.870. The summed E-state index contributed by atoms with van der Waals surface area (Å²) in [5, 5.41) is 0.937. The van der Waals surface area contributed by atoms with E-state index in [1.54, 1.807) is 0 Å². The highest BCUT2D eigenvalue weighted by molar-refractivity contribution is 9.09. The van der Waals surface area contributed by atoms with E-state index in [-0.39, 0.29) is 11.9 Å². The summed E-state index contributed by atoms with van der Waals surface area (Å²) in [7, 11) is 0. The first kappa shape index (κ1) is 15.5. The molecule has 0 amide bonds. The molecule has 2 unspecified atom stereocenters. The Balaban J connectivity index is 1.98. The van der Waals surface area contributed by atoms with Crippen LogP contribution in [-0.2, 0) is 16.1 Å². The van der Waals surface area contributed by atoms with Crippen molar-refractivity contribution >= 4 is 21.9 Å². The number of nitrogens with zero attached hydrogens (tertiary/aromatic N) is 1. The van der Waals surface area contributed by atoms with Gasteiger partial charge in [0.1, 0.15) is 0 Å². The lowest BCUT2D eigenvalue weighted by molar-refractivity contribution is -0.148. The van der Waals surface area contributed by atoms with E-state index in [9.17, 15) is 4.79 Å². The number of likely N-dealkylation sites (tertiary alicyclic amines) is 1. The Kier molecular flexibility index (Phi) is 6.05. The van der Waals surface area contributed by atoms with Crippen LogP contribution in [0.4, 0.5) is 0 Å². The second-order valence-electron chi connectivity index (χ2n) is 5.28. The topological polar surface area (TPSA) is 29.5 Å². The highest BCUT2D eigenvalue weighted by Gasteiger charge is 2.37. The van der Waals surface area contributed by atoms with Gasteiger partial charge in [0.05, 0.1) is 12.5 Å². The molecule has 110 valence electrons. The number of hydrogen-bond donors (Lipinski definition) is 0. The van der Waals surface area contributed by atoms with Crippen molar-refractivity contribution in [3.8, 4) is 0 Å². The van der Waals surface area contributed by atoms with Crippen LogP contribution >= 0.6 is 15.9 Å². The molecule has 0 spiro atoms. The van der Waals surface area contributed by atoms with Crippen molar-refractivity contribution in [2.24, 2.45) is 11.8 Å². The Morgan fingerprint density at radius 2 is 2.10 bits per heavy atom. The maximum absolute atomic E-state index is 12.1. The third-order valence-electron chi connectivity index (χ3n) is 3.83. The van der Waals surface area contributed by atoms with Gasteiger partial charge in [-0.15, -0.1) is 0 Å². The van der Waals surface area contributed by atoms with Crippen LogP contribution in [0.3, 0.4) is 0 Å². The number of carbonyl (C=O) groups excluding carboxylic acids is 1. The average Bonchev–Trinajstić information content (AvgIpc) is 2.83. The summed E-state index contributed by atoms with van der Waals surface area (Å²) >= 11 is 3.49. The van der Waals surface area contributed by atoms with Crippen LogP contribution in [0.5, 0.6) is 0 Å². The molecule has 3 nitrogen and oxygen atoms in total. The molecule has 0 radical (unpaired) electrons. The van der Waals surface area contributed by atoms with Crippen molar-refractivity contribution in [2.45, 2.75) is 19.9 Å². The maximum atomic E-state index is 12.1. The fourth-order valence-corrected chi connectivity index (χ4v) is 3.47. The minimum Gasteiger partial charge on any atom is -0.466 e. The van der Waals surface area contributed by atoms with E-state index < -0.39 is 0 Å². The first-order valence-electron chi connectivity index (χ1n) is 7.23. The maximum Gasteiger partial charge on any atom is 0.310 e. The fraction of sp³-hybridized carbons (Fsp3) is 0.562. The molecule has 2 rings (SSSR count). The van der Waals surface area contributed by atoms with Gasteiger partial charge in [-0.1, -0.05) is 46.3 Å². The molecule has 1 saturated heterocycles. The number of alkyl halides is 1. The van der Waals surface area contributed by atoms with Gasteiger partial charge in [0.25, 0.3) is 0 Å². The standard InChI is InChI=1S/C16H22BrNO2/c1-2-20-16(19)15-12-18(11-14(15)8-9-17)10-13-6-4-3-5-7-13/h3-7,14-15H,2,8-12H2,1H3. The number of benzene rings is 1. The molecule has 0 bridgehead atoms. The quantitative estimate of drug-likeness (QED) is 0.589. The highest BCUT2D eigenvalue weighted by atomic mass is 79.9. The Morgan fingerprint density at radius 3 is 2.75 bits per heavy atom. The fourth-order valence-electron chi connectivity index (χ4n) is 2.88. The van der Waals surface area contributed by atoms with E-state index in [1.807, 2.05) is 13.0 Å². The third-order valence-corrected chi connectivity index (χ3v) is 4.29. The molecule has 0 aliphatic carbocycles. The minimum absolute atomic E-state index is 0.0243. The molecule has 1 heterocycles. The number of hydrogen-bond acceptors (Lipinski definition) is 3. The minimum atomic E-state index is -0.0333. The van der Waals surface area contributed by atoms with Crippen molar-refractivity contribution < 1.29 is 9.53 Å². The summed E-state index contributed by atoms with van der Waals surface area (Å²) in [5.74, 6) is 0.391. The molecule has 0 N–H and O–H groups in total. The van der Waals surface area contributed by atoms with E-state index >= 15 is 0 Å². The lowest BCUT2D eigenvalue weighted by atomic mass is 9.94. The lowest BCUT2D eigenvalue weighted by Gasteiger charge is -2.15. The smallest absolute Gasteiger partial charge is 0.310 e. The van der Waals surface area contributed by atoms with Crippen molar-refractivity contribution in [3.63, 3.8) is 0 Å². The van der Waals surface area contributed by atoms with Crippen molar-refractivity contribution in [2.75, 3.05) is 25.0 Å². The zero-order chi connectivity index (χ0) is 14.4. The van der Waals surface area contributed by atoms with E-state index in [0.29, 0.717) is 12.5 Å². The zero-order valence-corrected chi connectivity index (χ0v) is 13.5. The molecular weight excluding hydrogens is 318 g/mol. The highest BCUT2D eigenvalue weighted by Crippen LogP contribution is 2.29. The summed E-state index contributed by atoms with van der Waals surface area (Å²) in [5.41, 5.74) is 1.30. The van der Waals surface area contributed by atoms with Gasteiger partial charge in [0, 0.05) is 25.0 Å². The van der Waals surface area contributed by atoms with E-state index in [2.05, 4.69) is 45.1 Å². The summed E-state index contributed by atoms with van der Waals surface area (Å²) in [6.45, 7) is 5.04. The zero-order valence-electron chi connectivity index (χ0n) is 11.9. The van der Waals surface area contributed by atoms with Gasteiger partial charge in [-0.3, -0.25) is 9.69 Å². The van der Waals surface area contributed by atoms with Gasteiger partial charge < -0.3 is 4.74 Å². The lowest BCUT2D eigenvalue weighted by Crippen LogP contribution is -2.26. The van der Waals surface area contributed by atoms with Crippen LogP contribution in [0.25, 0.3) is 0 Å². The number of halogens is 1. The third kappa shape index (κ3) is 4.06. The Morgan fingerprint density at radius 1 is 1.35 bits per heavy atom. The Bertz CT molecular complexity index is 424. The number of esters is 1. The molecule has 1 fully saturated rings. The summed E-state index contributed by atoms with van der Waals surface area (Å²) in [6, 6.07) is 10.4. The normalized spacial score (nSPS) is 22.9. The Labute approximate surface area is 129 Å². The first-order valence-corrected chi connectivity index (χ1v) is 8.35. The summed E-state index contributed by atoms with van der Waals surface area (Å²) < 4.78 is 5.22. The van der Waals surface area contributed by atoms with Crippen LogP contribution in [0, 0.1) is 11.8 Å². The molecular formula is C16H22BrNO2. The van der Waals surface area contributed by atoms with Crippen LogP contribution in [0.15, 0.2) is 30.3 Å². The molecule has 2 atom stereocenters. The van der Waals surface area contributed by atoms with Gasteiger partial charge >= 0.3 is 5.97 Å². The average molecular weight is 340 g/mol. The summed E-state index contributed by atoms with van der Waals surface area (Å²) in [4.78, 5) is 14.4. The SMILES string of the molecule is CCOC(=O)C1CN(Cc2ccccc2)CC1CCBr. The molecule has 4 heteroatoms. The van der Waals surface area contributed by atoms with Crippen molar-refractivity contribution in [1.29, 1.82) is 0 Å². The van der Waals surface area contributed by atoms with E-state index in [0.717, 1.165) is 31.4 Å². The molecule has 0 saturated carbocycles. The number of carbonyl (C=O) groups is 1. The number of ether oxygens (including phenoxy) is 1. The molecule has 1 aliphatic rings. The second kappa shape index (κ2) is 7.79. The van der Waals surface area contributed by atoms with Gasteiger partial charge in [-0.05, 0) is 24.8 Å². The molecule has 1 aliphatic heterocycles. The number of rotatable bonds is 6. The van der Waals surface area contributed by atoms with Crippen LogP contribution in [0.1, 0.15) is 18.9 Å².